The highest BCUT2D eigenvalue weighted by atomic mass is 32.2. The van der Waals surface area contributed by atoms with E-state index in [4.69, 9.17) is 0 Å². The van der Waals surface area contributed by atoms with Gasteiger partial charge in [0.15, 0.2) is 0 Å². The van der Waals surface area contributed by atoms with Crippen LogP contribution in [-0.4, -0.2) is 33.8 Å². The van der Waals surface area contributed by atoms with Gasteiger partial charge in [-0.2, -0.15) is 11.8 Å². The van der Waals surface area contributed by atoms with Gasteiger partial charge in [0.2, 0.25) is 0 Å². The number of aliphatic hydroxyl groups excluding tert-OH is 1. The third-order valence-corrected chi connectivity index (χ3v) is 4.88. The fraction of sp³-hybridized carbons (Fsp3) is 1.00. The van der Waals surface area contributed by atoms with Gasteiger partial charge in [-0.1, -0.05) is 0 Å². The van der Waals surface area contributed by atoms with Crippen molar-refractivity contribution < 1.29 is 5.11 Å². The van der Waals surface area contributed by atoms with Crippen LogP contribution in [0, 0.1) is 0 Å². The maximum atomic E-state index is 9.66. The Morgan fingerprint density at radius 1 is 1.38 bits per heavy atom. The lowest BCUT2D eigenvalue weighted by Gasteiger charge is -2.45. The fourth-order valence-electron chi connectivity index (χ4n) is 2.14. The second-order valence-electron chi connectivity index (χ2n) is 4.74. The first kappa shape index (κ1) is 9.81. The van der Waals surface area contributed by atoms with Crippen LogP contribution in [0.4, 0.5) is 0 Å². The molecular formula is C10H19NOS. The zero-order valence-electron chi connectivity index (χ0n) is 8.42. The molecule has 2 aliphatic rings. The van der Waals surface area contributed by atoms with Crippen molar-refractivity contribution in [2.75, 3.05) is 5.75 Å². The summed E-state index contributed by atoms with van der Waals surface area (Å²) in [6, 6.07) is 0.973. The molecule has 0 bridgehead atoms. The Hall–Kier alpha value is 0.270. The number of rotatable bonds is 2. The molecule has 1 heterocycles. The Bertz CT molecular complexity index is 195. The van der Waals surface area contributed by atoms with Crippen molar-refractivity contribution in [3.63, 3.8) is 0 Å². The Morgan fingerprint density at radius 3 is 2.54 bits per heavy atom. The van der Waals surface area contributed by atoms with Crippen molar-refractivity contribution in [3.05, 3.63) is 0 Å². The van der Waals surface area contributed by atoms with Gasteiger partial charge in [-0.15, -0.1) is 0 Å². The molecule has 0 spiro atoms. The molecule has 76 valence electrons. The van der Waals surface area contributed by atoms with E-state index in [-0.39, 0.29) is 6.10 Å². The molecule has 1 saturated heterocycles. The summed E-state index contributed by atoms with van der Waals surface area (Å²) in [6.07, 6.45) is 3.22. The van der Waals surface area contributed by atoms with Gasteiger partial charge in [0.25, 0.3) is 0 Å². The summed E-state index contributed by atoms with van der Waals surface area (Å²) in [7, 11) is 0. The maximum Gasteiger partial charge on any atom is 0.0693 e. The lowest BCUT2D eigenvalue weighted by molar-refractivity contribution is 0.140. The van der Waals surface area contributed by atoms with Gasteiger partial charge in [-0.25, -0.2) is 0 Å². The van der Waals surface area contributed by atoms with Gasteiger partial charge in [-0.05, 0) is 33.1 Å². The highest BCUT2D eigenvalue weighted by molar-refractivity contribution is 8.02. The molecule has 2 N–H and O–H groups in total. The Morgan fingerprint density at radius 2 is 2.15 bits per heavy atom. The van der Waals surface area contributed by atoms with Gasteiger partial charge in [-0.3, -0.25) is 0 Å². The summed E-state index contributed by atoms with van der Waals surface area (Å²) < 4.78 is 0.377. The van der Waals surface area contributed by atoms with E-state index < -0.39 is 0 Å². The van der Waals surface area contributed by atoms with Crippen molar-refractivity contribution >= 4 is 11.8 Å². The largest absolute Gasteiger partial charge is 0.392 e. The second kappa shape index (κ2) is 3.44. The first-order valence-corrected chi connectivity index (χ1v) is 6.16. The molecule has 0 aromatic carbocycles. The van der Waals surface area contributed by atoms with Gasteiger partial charge >= 0.3 is 0 Å². The molecule has 2 fully saturated rings. The van der Waals surface area contributed by atoms with Crippen molar-refractivity contribution in [2.45, 2.75) is 56.0 Å². The molecule has 0 aromatic heterocycles. The second-order valence-corrected chi connectivity index (χ2v) is 6.41. The third kappa shape index (κ3) is 1.88. The van der Waals surface area contributed by atoms with E-state index >= 15 is 0 Å². The summed E-state index contributed by atoms with van der Waals surface area (Å²) in [5, 5.41) is 13.2. The van der Waals surface area contributed by atoms with E-state index in [2.05, 4.69) is 19.2 Å². The first-order valence-electron chi connectivity index (χ1n) is 5.18. The monoisotopic (exact) mass is 201 g/mol. The molecule has 1 aliphatic carbocycles. The van der Waals surface area contributed by atoms with E-state index in [0.717, 1.165) is 12.8 Å². The molecule has 0 radical (unpaired) electrons. The first-order chi connectivity index (χ1) is 6.09. The SMILES string of the molecule is CC1(C)SCC1N[C@@H]1CCC[C@H]1O. The topological polar surface area (TPSA) is 32.3 Å². The van der Waals surface area contributed by atoms with Crippen LogP contribution in [0.15, 0.2) is 0 Å². The van der Waals surface area contributed by atoms with Crippen LogP contribution >= 0.6 is 11.8 Å². The molecule has 3 heteroatoms. The van der Waals surface area contributed by atoms with Crippen LogP contribution in [0.5, 0.6) is 0 Å². The van der Waals surface area contributed by atoms with Gasteiger partial charge in [0, 0.05) is 22.6 Å². The highest BCUT2D eigenvalue weighted by Gasteiger charge is 2.41. The predicted molar refractivity (Wildman–Crippen MR) is 57.1 cm³/mol. The molecule has 13 heavy (non-hydrogen) atoms. The maximum absolute atomic E-state index is 9.66. The molecule has 1 aliphatic heterocycles. The molecule has 1 saturated carbocycles. The highest BCUT2D eigenvalue weighted by Crippen LogP contribution is 2.40. The Kier molecular flexibility index (Phi) is 2.60. The molecule has 2 rings (SSSR count). The van der Waals surface area contributed by atoms with Crippen LogP contribution in [0.3, 0.4) is 0 Å². The Labute approximate surface area is 84.5 Å². The number of nitrogens with one attached hydrogen (secondary N) is 1. The quantitative estimate of drug-likeness (QED) is 0.708. The van der Waals surface area contributed by atoms with E-state index in [1.54, 1.807) is 0 Å². The van der Waals surface area contributed by atoms with Crippen LogP contribution < -0.4 is 5.32 Å². The number of thioether (sulfide) groups is 1. The summed E-state index contributed by atoms with van der Waals surface area (Å²) in [6.45, 7) is 4.56. The minimum absolute atomic E-state index is 0.0959. The standard InChI is InChI=1S/C10H19NOS/c1-10(2)9(6-13-10)11-7-4-3-5-8(7)12/h7-9,11-12H,3-6H2,1-2H3/t7-,8-,9?/m1/s1. The molecule has 0 aromatic rings. The average Bonchev–Trinajstić information content (AvgIpc) is 2.45. The molecule has 3 atom stereocenters. The molecule has 1 unspecified atom stereocenters. The van der Waals surface area contributed by atoms with E-state index in [1.807, 2.05) is 11.8 Å². The van der Waals surface area contributed by atoms with Crippen molar-refractivity contribution in [3.8, 4) is 0 Å². The van der Waals surface area contributed by atoms with Gasteiger partial charge in [0.1, 0.15) is 0 Å². The number of aliphatic hydroxyl groups is 1. The van der Waals surface area contributed by atoms with Crippen molar-refractivity contribution in [2.24, 2.45) is 0 Å². The normalized spacial score (nSPS) is 43.2. The lowest BCUT2D eigenvalue weighted by Crippen LogP contribution is -2.58. The third-order valence-electron chi connectivity index (χ3n) is 3.36. The molecule has 0 amide bonds. The lowest BCUT2D eigenvalue weighted by atomic mass is 10.0. The number of hydrogen-bond donors (Lipinski definition) is 2. The van der Waals surface area contributed by atoms with Crippen LogP contribution in [0.1, 0.15) is 33.1 Å². The van der Waals surface area contributed by atoms with Crippen LogP contribution in [0.2, 0.25) is 0 Å². The average molecular weight is 201 g/mol. The van der Waals surface area contributed by atoms with Crippen molar-refractivity contribution in [1.29, 1.82) is 0 Å². The zero-order chi connectivity index (χ0) is 9.47. The van der Waals surface area contributed by atoms with Crippen LogP contribution in [-0.2, 0) is 0 Å². The van der Waals surface area contributed by atoms with Crippen LogP contribution in [0.25, 0.3) is 0 Å². The van der Waals surface area contributed by atoms with Gasteiger partial charge < -0.3 is 10.4 Å². The summed E-state index contributed by atoms with van der Waals surface area (Å²) >= 11 is 2.01. The molecular weight excluding hydrogens is 182 g/mol. The van der Waals surface area contributed by atoms with Crippen molar-refractivity contribution in [1.82, 2.24) is 5.32 Å². The van der Waals surface area contributed by atoms with E-state index in [9.17, 15) is 5.11 Å². The number of hydrogen-bond acceptors (Lipinski definition) is 3. The predicted octanol–water partition coefficient (Wildman–Crippen LogP) is 1.38. The van der Waals surface area contributed by atoms with Gasteiger partial charge in [0.05, 0.1) is 6.10 Å². The summed E-state index contributed by atoms with van der Waals surface area (Å²) in [5.74, 6) is 1.20. The van der Waals surface area contributed by atoms with E-state index in [0.29, 0.717) is 16.8 Å². The minimum Gasteiger partial charge on any atom is -0.392 e. The zero-order valence-corrected chi connectivity index (χ0v) is 9.23. The minimum atomic E-state index is -0.0959. The smallest absolute Gasteiger partial charge is 0.0693 e. The summed E-state index contributed by atoms with van der Waals surface area (Å²) in [5.41, 5.74) is 0. The Balaban J connectivity index is 1.84. The molecule has 2 nitrogen and oxygen atoms in total. The fourth-order valence-corrected chi connectivity index (χ4v) is 3.31. The summed E-state index contributed by atoms with van der Waals surface area (Å²) in [4.78, 5) is 0. The van der Waals surface area contributed by atoms with E-state index in [1.165, 1.54) is 12.2 Å².